The Morgan fingerprint density at radius 1 is 1.15 bits per heavy atom. The van der Waals surface area contributed by atoms with Gasteiger partial charge in [-0.1, -0.05) is 19.1 Å². The molecule has 3 heterocycles. The topological polar surface area (TPSA) is 80.6 Å². The number of thiophene rings is 1. The van der Waals surface area contributed by atoms with Crippen molar-refractivity contribution in [2.45, 2.75) is 32.6 Å². The van der Waals surface area contributed by atoms with Gasteiger partial charge in [-0.25, -0.2) is 9.97 Å². The summed E-state index contributed by atoms with van der Waals surface area (Å²) in [6.45, 7) is 1.98. The average Bonchev–Trinajstić information content (AvgIpc) is 3.24. The van der Waals surface area contributed by atoms with Crippen molar-refractivity contribution in [2.24, 2.45) is 0 Å². The van der Waals surface area contributed by atoms with Crippen molar-refractivity contribution in [1.29, 1.82) is 0 Å². The molecule has 0 saturated carbocycles. The minimum atomic E-state index is -0.295. The molecule has 0 radical (unpaired) electrons. The van der Waals surface area contributed by atoms with Crippen LogP contribution in [-0.2, 0) is 19.3 Å². The number of rotatable bonds is 2. The van der Waals surface area contributed by atoms with Crippen LogP contribution in [0.2, 0.25) is 0 Å². The zero-order valence-electron chi connectivity index (χ0n) is 14.2. The second kappa shape index (κ2) is 5.60. The van der Waals surface area contributed by atoms with Crippen LogP contribution < -0.4 is 11.1 Å². The fourth-order valence-corrected chi connectivity index (χ4v) is 4.96. The standard InChI is InChI=1S/C19H16N4O2S/c1-2-14-20-16(15-12-8-5-9-13(12)26-18(15)21-14)23-19(25)11-7-4-3-6-10(11)17(24)22-23/h3-4,6-7H,2,5,8-9H2,1H3,(H,22,24). The van der Waals surface area contributed by atoms with E-state index in [4.69, 9.17) is 0 Å². The summed E-state index contributed by atoms with van der Waals surface area (Å²) in [5, 5.41) is 4.42. The van der Waals surface area contributed by atoms with E-state index in [1.54, 1.807) is 35.6 Å². The smallest absolute Gasteiger partial charge is 0.267 e. The number of aromatic amines is 1. The number of hydrogen-bond donors (Lipinski definition) is 1. The van der Waals surface area contributed by atoms with Crippen molar-refractivity contribution in [1.82, 2.24) is 19.7 Å². The van der Waals surface area contributed by atoms with Crippen molar-refractivity contribution >= 4 is 32.3 Å². The minimum Gasteiger partial charge on any atom is -0.267 e. The molecule has 1 N–H and O–H groups in total. The maximum atomic E-state index is 13.1. The van der Waals surface area contributed by atoms with Crippen molar-refractivity contribution in [2.75, 3.05) is 0 Å². The largest absolute Gasteiger partial charge is 0.279 e. The molecule has 1 aromatic carbocycles. The number of benzene rings is 1. The van der Waals surface area contributed by atoms with Gasteiger partial charge in [0.2, 0.25) is 0 Å². The molecule has 0 atom stereocenters. The van der Waals surface area contributed by atoms with E-state index in [9.17, 15) is 9.59 Å². The van der Waals surface area contributed by atoms with E-state index in [1.807, 2.05) is 6.92 Å². The molecule has 130 valence electrons. The Bertz CT molecular complexity index is 1300. The molecule has 5 rings (SSSR count). The quantitative estimate of drug-likeness (QED) is 0.593. The van der Waals surface area contributed by atoms with E-state index >= 15 is 0 Å². The lowest BCUT2D eigenvalue weighted by Gasteiger charge is -2.10. The van der Waals surface area contributed by atoms with Gasteiger partial charge in [-0.15, -0.1) is 11.3 Å². The number of hydrogen-bond acceptors (Lipinski definition) is 5. The van der Waals surface area contributed by atoms with Crippen LogP contribution in [0.1, 0.15) is 29.6 Å². The van der Waals surface area contributed by atoms with Crippen LogP contribution in [-0.4, -0.2) is 19.7 Å². The normalized spacial score (nSPS) is 13.6. The van der Waals surface area contributed by atoms with Gasteiger partial charge >= 0.3 is 0 Å². The lowest BCUT2D eigenvalue weighted by atomic mass is 10.1. The first kappa shape index (κ1) is 15.5. The van der Waals surface area contributed by atoms with Gasteiger partial charge < -0.3 is 0 Å². The molecule has 7 heteroatoms. The van der Waals surface area contributed by atoms with E-state index in [-0.39, 0.29) is 11.1 Å². The highest BCUT2D eigenvalue weighted by atomic mass is 32.1. The first-order valence-corrected chi connectivity index (χ1v) is 9.54. The Hall–Kier alpha value is -2.80. The third kappa shape index (κ3) is 2.10. The van der Waals surface area contributed by atoms with Crippen LogP contribution in [0.3, 0.4) is 0 Å². The first-order valence-electron chi connectivity index (χ1n) is 8.73. The molecule has 26 heavy (non-hydrogen) atoms. The van der Waals surface area contributed by atoms with E-state index in [1.165, 1.54) is 15.1 Å². The molecular weight excluding hydrogens is 348 g/mol. The SMILES string of the molecule is CCc1nc(-n2[nH]c(=O)c3ccccc3c2=O)c2c3c(sc2n1)CCC3. The maximum Gasteiger partial charge on any atom is 0.279 e. The highest BCUT2D eigenvalue weighted by Crippen LogP contribution is 2.38. The lowest BCUT2D eigenvalue weighted by Crippen LogP contribution is -2.29. The van der Waals surface area contributed by atoms with E-state index in [0.29, 0.717) is 28.8 Å². The number of nitrogens with one attached hydrogen (secondary N) is 1. The molecule has 6 nitrogen and oxygen atoms in total. The molecule has 0 amide bonds. The summed E-state index contributed by atoms with van der Waals surface area (Å²) >= 11 is 1.68. The highest BCUT2D eigenvalue weighted by Gasteiger charge is 2.24. The van der Waals surface area contributed by atoms with Crippen LogP contribution in [0.25, 0.3) is 26.8 Å². The minimum absolute atomic E-state index is 0.264. The summed E-state index contributed by atoms with van der Waals surface area (Å²) < 4.78 is 1.30. The predicted octanol–water partition coefficient (Wildman–Crippen LogP) is 2.73. The molecule has 1 aliphatic rings. The summed E-state index contributed by atoms with van der Waals surface area (Å²) in [5.74, 6) is 1.17. The van der Waals surface area contributed by atoms with Crippen molar-refractivity contribution in [3.63, 3.8) is 0 Å². The Balaban J connectivity index is 1.93. The van der Waals surface area contributed by atoms with Gasteiger partial charge in [0.1, 0.15) is 10.7 Å². The van der Waals surface area contributed by atoms with Crippen LogP contribution in [0, 0.1) is 0 Å². The van der Waals surface area contributed by atoms with Crippen molar-refractivity contribution < 1.29 is 0 Å². The molecule has 4 aromatic rings. The second-order valence-corrected chi connectivity index (χ2v) is 7.57. The van der Waals surface area contributed by atoms with Gasteiger partial charge in [-0.05, 0) is 37.0 Å². The van der Waals surface area contributed by atoms with Gasteiger partial charge in [-0.2, -0.15) is 4.68 Å². The van der Waals surface area contributed by atoms with E-state index in [2.05, 4.69) is 15.1 Å². The Kier molecular flexibility index (Phi) is 3.33. The third-order valence-electron chi connectivity index (χ3n) is 4.94. The fraction of sp³-hybridized carbons (Fsp3) is 0.263. The predicted molar refractivity (Wildman–Crippen MR) is 103 cm³/mol. The van der Waals surface area contributed by atoms with Crippen LogP contribution in [0.4, 0.5) is 0 Å². The first-order chi connectivity index (χ1) is 12.7. The molecule has 0 bridgehead atoms. The van der Waals surface area contributed by atoms with Gasteiger partial charge in [0.25, 0.3) is 11.1 Å². The van der Waals surface area contributed by atoms with E-state index < -0.39 is 0 Å². The molecule has 0 saturated heterocycles. The van der Waals surface area contributed by atoms with Crippen LogP contribution >= 0.6 is 11.3 Å². The second-order valence-electron chi connectivity index (χ2n) is 6.48. The molecule has 0 spiro atoms. The third-order valence-corrected chi connectivity index (χ3v) is 6.12. The van der Waals surface area contributed by atoms with Crippen LogP contribution in [0.15, 0.2) is 33.9 Å². The van der Waals surface area contributed by atoms with Crippen molar-refractivity contribution in [3.05, 3.63) is 61.2 Å². The van der Waals surface area contributed by atoms with Crippen LogP contribution in [0.5, 0.6) is 0 Å². The summed E-state index contributed by atoms with van der Waals surface area (Å²) in [4.78, 5) is 37.1. The molecule has 0 aliphatic heterocycles. The van der Waals surface area contributed by atoms with E-state index in [0.717, 1.165) is 29.5 Å². The molecule has 0 fully saturated rings. The molecule has 3 aromatic heterocycles. The van der Waals surface area contributed by atoms with Gasteiger partial charge in [-0.3, -0.25) is 14.7 Å². The van der Waals surface area contributed by atoms with Crippen molar-refractivity contribution in [3.8, 4) is 5.82 Å². The maximum absolute atomic E-state index is 13.1. The molecule has 1 aliphatic carbocycles. The lowest BCUT2D eigenvalue weighted by molar-refractivity contribution is 0.769. The highest BCUT2D eigenvalue weighted by molar-refractivity contribution is 7.19. The van der Waals surface area contributed by atoms with Gasteiger partial charge in [0.05, 0.1) is 16.2 Å². The Morgan fingerprint density at radius 2 is 1.96 bits per heavy atom. The zero-order chi connectivity index (χ0) is 17.8. The number of H-pyrrole nitrogens is 1. The molecule has 0 unspecified atom stereocenters. The number of fused-ring (bicyclic) bond motifs is 4. The Labute approximate surface area is 152 Å². The van der Waals surface area contributed by atoms with Gasteiger partial charge in [0, 0.05) is 11.3 Å². The summed E-state index contributed by atoms with van der Waals surface area (Å²) in [7, 11) is 0. The zero-order valence-corrected chi connectivity index (χ0v) is 15.0. The average molecular weight is 364 g/mol. The summed E-state index contributed by atoms with van der Waals surface area (Å²) in [5.41, 5.74) is 0.667. The molecular formula is C19H16N4O2S. The summed E-state index contributed by atoms with van der Waals surface area (Å²) in [6, 6.07) is 6.86. The number of aryl methyl sites for hydroxylation is 3. The summed E-state index contributed by atoms with van der Waals surface area (Å²) in [6.07, 6.45) is 3.78. The fourth-order valence-electron chi connectivity index (χ4n) is 3.69. The Morgan fingerprint density at radius 3 is 2.77 bits per heavy atom. The monoisotopic (exact) mass is 364 g/mol. The number of nitrogens with zero attached hydrogens (tertiary/aromatic N) is 3. The number of aromatic nitrogens is 4. The van der Waals surface area contributed by atoms with Gasteiger partial charge in [0.15, 0.2) is 5.82 Å².